The van der Waals surface area contributed by atoms with E-state index in [1.54, 1.807) is 36.5 Å². The van der Waals surface area contributed by atoms with E-state index >= 15 is 0 Å². The topological polar surface area (TPSA) is 95.3 Å². The monoisotopic (exact) mass is 536 g/mol. The maximum absolute atomic E-state index is 13.9. The largest absolute Gasteiger partial charge is 0.346 e. The molecule has 0 bridgehead atoms. The zero-order chi connectivity index (χ0) is 27.5. The number of halogens is 3. The quantitative estimate of drug-likeness (QED) is 0.513. The van der Waals surface area contributed by atoms with Gasteiger partial charge in [0.1, 0.15) is 18.5 Å². The maximum Gasteiger partial charge on any atom is 0.315 e. The summed E-state index contributed by atoms with van der Waals surface area (Å²) in [5.41, 5.74) is 1.30. The number of ether oxygens (including phenoxy) is 1. The molecule has 1 fully saturated rings. The van der Waals surface area contributed by atoms with Crippen molar-refractivity contribution >= 4 is 16.9 Å². The van der Waals surface area contributed by atoms with Gasteiger partial charge in [0.05, 0.1) is 46.0 Å². The Kier molecular flexibility index (Phi) is 8.78. The summed E-state index contributed by atoms with van der Waals surface area (Å²) in [6.45, 7) is 7.40. The summed E-state index contributed by atoms with van der Waals surface area (Å²) in [5, 5.41) is 9.20. The average molecular weight is 537 g/mol. The predicted molar refractivity (Wildman–Crippen MR) is 134 cm³/mol. The van der Waals surface area contributed by atoms with E-state index in [4.69, 9.17) is 4.74 Å². The first-order valence-electron chi connectivity index (χ1n) is 11.8. The van der Waals surface area contributed by atoms with Crippen molar-refractivity contribution in [2.24, 2.45) is 0 Å². The van der Waals surface area contributed by atoms with Gasteiger partial charge in [0.25, 0.3) is 5.91 Å². The summed E-state index contributed by atoms with van der Waals surface area (Å²) in [6.07, 6.45) is -2.43. The first-order chi connectivity index (χ1) is 17.3. The smallest absolute Gasteiger partial charge is 0.315 e. The summed E-state index contributed by atoms with van der Waals surface area (Å²) in [7, 11) is -1.38. The van der Waals surface area contributed by atoms with Gasteiger partial charge in [-0.15, -0.1) is 0 Å². The van der Waals surface area contributed by atoms with Crippen LogP contribution in [0.25, 0.3) is 11.1 Å². The van der Waals surface area contributed by atoms with Crippen LogP contribution in [0.2, 0.25) is 0 Å². The van der Waals surface area contributed by atoms with Crippen molar-refractivity contribution in [3.8, 4) is 17.2 Å². The minimum absolute atomic E-state index is 0.0986. The predicted octanol–water partition coefficient (Wildman–Crippen LogP) is 4.99. The lowest BCUT2D eigenvalue weighted by Gasteiger charge is -2.32. The van der Waals surface area contributed by atoms with Gasteiger partial charge < -0.3 is 9.64 Å². The fourth-order valence-corrected chi connectivity index (χ4v) is 5.02. The highest BCUT2D eigenvalue weighted by molar-refractivity contribution is 7.84. The third-order valence-corrected chi connectivity index (χ3v) is 7.69. The Bertz CT molecular complexity index is 1160. The number of carbonyl (C=O) groups excluding carboxylic acids is 1. The van der Waals surface area contributed by atoms with Crippen LogP contribution in [0.3, 0.4) is 0 Å². The second kappa shape index (κ2) is 11.3. The summed E-state index contributed by atoms with van der Waals surface area (Å²) >= 11 is 0. The number of rotatable bonds is 8. The Morgan fingerprint density at radius 1 is 1.22 bits per heavy atom. The third kappa shape index (κ3) is 6.37. The van der Waals surface area contributed by atoms with Gasteiger partial charge in [-0.05, 0) is 51.8 Å². The number of hydrogen-bond acceptors (Lipinski definition) is 5. The summed E-state index contributed by atoms with van der Waals surface area (Å²) < 4.78 is 61.0. The molecule has 1 aromatic carbocycles. The van der Waals surface area contributed by atoms with Crippen molar-refractivity contribution in [1.82, 2.24) is 14.6 Å². The molecule has 1 aliphatic rings. The third-order valence-electron chi connectivity index (χ3n) is 6.08. The molecular weight excluding hydrogens is 505 g/mol. The Morgan fingerprint density at radius 3 is 2.32 bits per heavy atom. The normalized spacial score (nSPS) is 21.0. The Balaban J connectivity index is 1.80. The SMILES string of the molecule is CC1(C)OC(c2ccc(-c3ccc(C(CC#N)NS(=O)C(C)(C)C)nc3)cc2)C(CF)N1C(=O)C(F)F. The van der Waals surface area contributed by atoms with E-state index in [9.17, 15) is 27.4 Å². The number of aromatic nitrogens is 1. The number of pyridine rings is 1. The van der Waals surface area contributed by atoms with Crippen LogP contribution in [0.5, 0.6) is 0 Å². The molecule has 4 atom stereocenters. The number of carbonyl (C=O) groups is 1. The molecule has 2 aromatic rings. The molecule has 3 rings (SSSR count). The lowest BCUT2D eigenvalue weighted by atomic mass is 9.99. The minimum atomic E-state index is -3.26. The Hall–Kier alpha value is -2.81. The highest BCUT2D eigenvalue weighted by Gasteiger charge is 2.52. The van der Waals surface area contributed by atoms with Crippen LogP contribution in [0.1, 0.15) is 64.4 Å². The van der Waals surface area contributed by atoms with Crippen LogP contribution >= 0.6 is 0 Å². The molecule has 0 saturated carbocycles. The van der Waals surface area contributed by atoms with Gasteiger partial charge in [-0.1, -0.05) is 30.3 Å². The average Bonchev–Trinajstić information content (AvgIpc) is 3.12. The van der Waals surface area contributed by atoms with Gasteiger partial charge in [-0.2, -0.15) is 14.0 Å². The molecule has 1 N–H and O–H groups in total. The van der Waals surface area contributed by atoms with E-state index in [0.717, 1.165) is 16.0 Å². The van der Waals surface area contributed by atoms with Crippen molar-refractivity contribution < 1.29 is 26.9 Å². The van der Waals surface area contributed by atoms with E-state index in [-0.39, 0.29) is 6.42 Å². The summed E-state index contributed by atoms with van der Waals surface area (Å²) in [5.74, 6) is -1.46. The molecule has 7 nitrogen and oxygen atoms in total. The molecule has 11 heteroatoms. The van der Waals surface area contributed by atoms with E-state index in [1.165, 1.54) is 13.8 Å². The molecule has 2 heterocycles. The molecule has 0 aliphatic carbocycles. The minimum Gasteiger partial charge on any atom is -0.346 e. The van der Waals surface area contributed by atoms with Gasteiger partial charge >= 0.3 is 6.43 Å². The number of nitriles is 1. The van der Waals surface area contributed by atoms with Crippen LogP contribution < -0.4 is 4.72 Å². The maximum atomic E-state index is 13.9. The molecule has 1 aliphatic heterocycles. The number of hydrogen-bond donors (Lipinski definition) is 1. The number of benzene rings is 1. The fraction of sp³-hybridized carbons (Fsp3) is 0.500. The first kappa shape index (κ1) is 28.8. The Morgan fingerprint density at radius 2 is 1.84 bits per heavy atom. The van der Waals surface area contributed by atoms with Crippen molar-refractivity contribution in [1.29, 1.82) is 5.26 Å². The molecule has 1 aromatic heterocycles. The summed E-state index contributed by atoms with van der Waals surface area (Å²) in [4.78, 5) is 17.3. The van der Waals surface area contributed by atoms with Gasteiger partial charge in [0, 0.05) is 11.8 Å². The Labute approximate surface area is 217 Å². The standard InChI is InChI=1S/C26H31F3N4O3S/c1-25(2,3)37(35)32-20(12-13-30)19-11-10-18(15-31-19)16-6-8-17(9-7-16)22-21(14-27)33(24(34)23(28)29)26(4,5)36-22/h6-11,15,20-23,32H,12,14H2,1-5H3. The van der Waals surface area contributed by atoms with Crippen molar-refractivity contribution in [3.63, 3.8) is 0 Å². The second-order valence-corrected chi connectivity index (χ2v) is 12.2. The molecule has 37 heavy (non-hydrogen) atoms. The zero-order valence-corrected chi connectivity index (χ0v) is 22.2. The highest BCUT2D eigenvalue weighted by atomic mass is 32.2. The van der Waals surface area contributed by atoms with E-state index < -0.39 is 58.7 Å². The van der Waals surface area contributed by atoms with Gasteiger partial charge in [-0.3, -0.25) is 9.78 Å². The molecule has 200 valence electrons. The highest BCUT2D eigenvalue weighted by Crippen LogP contribution is 2.42. The van der Waals surface area contributed by atoms with Gasteiger partial charge in [0.2, 0.25) is 0 Å². The lowest BCUT2D eigenvalue weighted by molar-refractivity contribution is -0.159. The number of nitrogens with one attached hydrogen (secondary N) is 1. The van der Waals surface area contributed by atoms with Crippen LogP contribution in [0, 0.1) is 11.3 Å². The van der Waals surface area contributed by atoms with E-state index in [0.29, 0.717) is 11.3 Å². The van der Waals surface area contributed by atoms with Crippen molar-refractivity contribution in [2.75, 3.05) is 6.67 Å². The number of alkyl halides is 3. The molecule has 0 radical (unpaired) electrons. The lowest BCUT2D eigenvalue weighted by Crippen LogP contribution is -2.51. The van der Waals surface area contributed by atoms with E-state index in [2.05, 4.69) is 15.8 Å². The number of amides is 1. The number of nitrogens with zero attached hydrogens (tertiary/aromatic N) is 3. The van der Waals surface area contributed by atoms with Gasteiger partial charge in [0.15, 0.2) is 0 Å². The van der Waals surface area contributed by atoms with E-state index in [1.807, 2.05) is 26.8 Å². The van der Waals surface area contributed by atoms with Crippen LogP contribution in [-0.4, -0.2) is 49.6 Å². The molecule has 0 spiro atoms. The molecule has 4 unspecified atom stereocenters. The van der Waals surface area contributed by atoms with Crippen LogP contribution in [0.4, 0.5) is 13.2 Å². The zero-order valence-electron chi connectivity index (χ0n) is 21.4. The molecule has 1 amide bonds. The fourth-order valence-electron chi connectivity index (χ4n) is 4.21. The molecular formula is C26H31F3N4O3S. The molecule has 1 saturated heterocycles. The first-order valence-corrected chi connectivity index (χ1v) is 12.9. The van der Waals surface area contributed by atoms with Crippen molar-refractivity contribution in [2.45, 2.75) is 76.1 Å². The van der Waals surface area contributed by atoms with Gasteiger partial charge in [-0.25, -0.2) is 13.3 Å². The van der Waals surface area contributed by atoms with Crippen LogP contribution in [0.15, 0.2) is 42.6 Å². The van der Waals surface area contributed by atoms with Crippen molar-refractivity contribution in [3.05, 3.63) is 53.9 Å². The van der Waals surface area contributed by atoms with Crippen LogP contribution in [-0.2, 0) is 20.5 Å². The second-order valence-electron chi connectivity index (χ2n) is 10.2. The summed E-state index contributed by atoms with van der Waals surface area (Å²) in [6, 6.07) is 11.0.